The minimum absolute atomic E-state index is 0.0872. The van der Waals surface area contributed by atoms with Gasteiger partial charge in [-0.1, -0.05) is 12.5 Å². The van der Waals surface area contributed by atoms with E-state index < -0.39 is 0 Å². The zero-order valence-corrected chi connectivity index (χ0v) is 14.6. The summed E-state index contributed by atoms with van der Waals surface area (Å²) in [4.78, 5) is 32.4. The number of likely N-dealkylation sites (tertiary alicyclic amines) is 1. The Labute approximate surface area is 148 Å². The molecule has 0 atom stereocenters. The molecule has 2 amide bonds. The zero-order valence-electron chi connectivity index (χ0n) is 14.6. The van der Waals surface area contributed by atoms with E-state index >= 15 is 0 Å². The molecular weight excluding hydrogens is 320 g/mol. The molecule has 2 aliphatic heterocycles. The molecule has 7 nitrogen and oxygen atoms in total. The molecule has 2 aliphatic rings. The molecule has 0 aromatic carbocycles. The lowest BCUT2D eigenvalue weighted by molar-refractivity contribution is -0.135. The average Bonchev–Trinajstić information content (AvgIpc) is 2.86. The zero-order chi connectivity index (χ0) is 17.5. The summed E-state index contributed by atoms with van der Waals surface area (Å²) < 4.78 is 5.34. The Balaban J connectivity index is 1.46. The summed E-state index contributed by atoms with van der Waals surface area (Å²) in [5, 5.41) is 2.88. The number of nitrogens with one attached hydrogen (secondary N) is 1. The average molecular weight is 346 g/mol. The van der Waals surface area contributed by atoms with Crippen molar-refractivity contribution >= 4 is 17.6 Å². The molecule has 1 N–H and O–H groups in total. The van der Waals surface area contributed by atoms with Gasteiger partial charge in [-0.05, 0) is 24.5 Å². The minimum atomic E-state index is -0.118. The fourth-order valence-electron chi connectivity index (χ4n) is 3.14. The second-order valence-corrected chi connectivity index (χ2v) is 6.53. The lowest BCUT2D eigenvalue weighted by atomic mass is 10.2. The Morgan fingerprint density at radius 2 is 2.00 bits per heavy atom. The Bertz CT molecular complexity index is 584. The predicted octanol–water partition coefficient (Wildman–Crippen LogP) is 0.937. The molecule has 0 bridgehead atoms. The molecule has 1 aromatic heterocycles. The van der Waals surface area contributed by atoms with Gasteiger partial charge in [-0.15, -0.1) is 0 Å². The van der Waals surface area contributed by atoms with E-state index in [2.05, 4.69) is 15.2 Å². The number of amides is 2. The number of morpholine rings is 1. The maximum Gasteiger partial charge on any atom is 0.239 e. The summed E-state index contributed by atoms with van der Waals surface area (Å²) in [6, 6.07) is 3.96. The third kappa shape index (κ3) is 5.16. The Morgan fingerprint density at radius 1 is 1.16 bits per heavy atom. The number of anilines is 1. The van der Waals surface area contributed by atoms with Gasteiger partial charge in [0.15, 0.2) is 0 Å². The third-order valence-corrected chi connectivity index (χ3v) is 4.64. The van der Waals surface area contributed by atoms with Crippen LogP contribution in [0.2, 0.25) is 0 Å². The van der Waals surface area contributed by atoms with Crippen LogP contribution in [0.5, 0.6) is 0 Å². The fraction of sp³-hybridized carbons (Fsp3) is 0.611. The van der Waals surface area contributed by atoms with Crippen molar-refractivity contribution in [2.45, 2.75) is 32.2 Å². The number of hydrogen-bond donors (Lipinski definition) is 1. The van der Waals surface area contributed by atoms with Crippen LogP contribution in [0, 0.1) is 0 Å². The Kier molecular flexibility index (Phi) is 6.22. The number of carbonyl (C=O) groups excluding carboxylic acids is 2. The number of nitrogens with zero attached hydrogens (tertiary/aromatic N) is 3. The van der Waals surface area contributed by atoms with Crippen molar-refractivity contribution in [2.75, 3.05) is 44.3 Å². The monoisotopic (exact) mass is 346 g/mol. The highest BCUT2D eigenvalue weighted by Crippen LogP contribution is 2.13. The van der Waals surface area contributed by atoms with Crippen LogP contribution in [0.25, 0.3) is 0 Å². The number of ether oxygens (including phenoxy) is 1. The van der Waals surface area contributed by atoms with Crippen LogP contribution >= 0.6 is 0 Å². The topological polar surface area (TPSA) is 74.8 Å². The molecule has 0 radical (unpaired) electrons. The summed E-state index contributed by atoms with van der Waals surface area (Å²) in [7, 11) is 0. The molecule has 0 aliphatic carbocycles. The highest BCUT2D eigenvalue weighted by atomic mass is 16.5. The second kappa shape index (κ2) is 8.80. The minimum Gasteiger partial charge on any atom is -0.378 e. The molecule has 7 heteroatoms. The smallest absolute Gasteiger partial charge is 0.239 e. The van der Waals surface area contributed by atoms with Gasteiger partial charge in [0, 0.05) is 38.8 Å². The van der Waals surface area contributed by atoms with Crippen LogP contribution in [-0.4, -0.2) is 61.1 Å². The van der Waals surface area contributed by atoms with E-state index in [1.54, 1.807) is 11.1 Å². The first kappa shape index (κ1) is 17.7. The molecule has 0 unspecified atom stereocenters. The van der Waals surface area contributed by atoms with Crippen molar-refractivity contribution in [3.63, 3.8) is 0 Å². The van der Waals surface area contributed by atoms with Gasteiger partial charge in [0.25, 0.3) is 0 Å². The molecule has 3 rings (SSSR count). The molecule has 2 fully saturated rings. The molecular formula is C18H26N4O3. The van der Waals surface area contributed by atoms with Crippen molar-refractivity contribution in [3.05, 3.63) is 23.9 Å². The quantitative estimate of drug-likeness (QED) is 0.859. The van der Waals surface area contributed by atoms with Gasteiger partial charge in [0.2, 0.25) is 11.8 Å². The van der Waals surface area contributed by atoms with Gasteiger partial charge in [-0.2, -0.15) is 0 Å². The van der Waals surface area contributed by atoms with Gasteiger partial charge < -0.3 is 19.9 Å². The number of carbonyl (C=O) groups is 2. The maximum absolute atomic E-state index is 12.1. The number of aromatic nitrogens is 1. The van der Waals surface area contributed by atoms with Gasteiger partial charge in [-0.25, -0.2) is 4.98 Å². The van der Waals surface area contributed by atoms with Gasteiger partial charge in [0.05, 0.1) is 19.8 Å². The first-order chi connectivity index (χ1) is 12.2. The molecule has 0 spiro atoms. The SMILES string of the molecule is O=C(CN1CCCCCC1=O)NCc1ccc(N2CCOCC2)nc1. The molecule has 25 heavy (non-hydrogen) atoms. The lowest BCUT2D eigenvalue weighted by Gasteiger charge is -2.27. The van der Waals surface area contributed by atoms with E-state index in [1.807, 2.05) is 12.1 Å². The summed E-state index contributed by atoms with van der Waals surface area (Å²) in [5.74, 6) is 0.908. The normalized spacial score (nSPS) is 18.8. The summed E-state index contributed by atoms with van der Waals surface area (Å²) in [5.41, 5.74) is 0.951. The van der Waals surface area contributed by atoms with Crippen molar-refractivity contribution in [2.24, 2.45) is 0 Å². The van der Waals surface area contributed by atoms with Gasteiger partial charge in [-0.3, -0.25) is 9.59 Å². The summed E-state index contributed by atoms with van der Waals surface area (Å²) in [6.07, 6.45) is 5.32. The largest absolute Gasteiger partial charge is 0.378 e. The molecule has 3 heterocycles. The van der Waals surface area contributed by atoms with Crippen molar-refractivity contribution in [1.29, 1.82) is 0 Å². The first-order valence-corrected chi connectivity index (χ1v) is 9.04. The summed E-state index contributed by atoms with van der Waals surface area (Å²) in [6.45, 7) is 4.43. The van der Waals surface area contributed by atoms with Crippen molar-refractivity contribution in [1.82, 2.24) is 15.2 Å². The number of hydrogen-bond acceptors (Lipinski definition) is 5. The van der Waals surface area contributed by atoms with Crippen LogP contribution in [0.15, 0.2) is 18.3 Å². The standard InChI is InChI=1S/C18H26N4O3/c23-17(14-22-7-3-1-2-4-18(22)24)20-13-15-5-6-16(19-12-15)21-8-10-25-11-9-21/h5-6,12H,1-4,7-11,13-14H2,(H,20,23). The lowest BCUT2D eigenvalue weighted by Crippen LogP contribution is -2.40. The Morgan fingerprint density at radius 3 is 2.76 bits per heavy atom. The van der Waals surface area contributed by atoms with Crippen LogP contribution < -0.4 is 10.2 Å². The Hall–Kier alpha value is -2.15. The third-order valence-electron chi connectivity index (χ3n) is 4.64. The van der Waals surface area contributed by atoms with Crippen LogP contribution in [0.4, 0.5) is 5.82 Å². The summed E-state index contributed by atoms with van der Waals surface area (Å²) >= 11 is 0. The van der Waals surface area contributed by atoms with Crippen LogP contribution in [0.3, 0.4) is 0 Å². The van der Waals surface area contributed by atoms with Crippen molar-refractivity contribution < 1.29 is 14.3 Å². The molecule has 0 saturated carbocycles. The van der Waals surface area contributed by atoms with Crippen molar-refractivity contribution in [3.8, 4) is 0 Å². The molecule has 136 valence electrons. The number of pyridine rings is 1. The van der Waals surface area contributed by atoms with Gasteiger partial charge in [0.1, 0.15) is 5.82 Å². The maximum atomic E-state index is 12.1. The second-order valence-electron chi connectivity index (χ2n) is 6.53. The van der Waals surface area contributed by atoms with E-state index in [0.29, 0.717) is 19.5 Å². The van der Waals surface area contributed by atoms with E-state index in [4.69, 9.17) is 4.74 Å². The molecule has 1 aromatic rings. The van der Waals surface area contributed by atoms with Gasteiger partial charge >= 0.3 is 0 Å². The van der Waals surface area contributed by atoms with Crippen LogP contribution in [-0.2, 0) is 20.9 Å². The molecule has 2 saturated heterocycles. The number of rotatable bonds is 5. The van der Waals surface area contributed by atoms with E-state index in [9.17, 15) is 9.59 Å². The first-order valence-electron chi connectivity index (χ1n) is 9.04. The fourth-order valence-corrected chi connectivity index (χ4v) is 3.14. The van der Waals surface area contributed by atoms with E-state index in [0.717, 1.165) is 56.9 Å². The van der Waals surface area contributed by atoms with Crippen LogP contribution in [0.1, 0.15) is 31.2 Å². The highest BCUT2D eigenvalue weighted by molar-refractivity contribution is 5.84. The highest BCUT2D eigenvalue weighted by Gasteiger charge is 2.19. The van der Waals surface area contributed by atoms with E-state index in [1.165, 1.54) is 0 Å². The van der Waals surface area contributed by atoms with E-state index in [-0.39, 0.29) is 18.4 Å². The predicted molar refractivity (Wildman–Crippen MR) is 94.2 cm³/mol.